The van der Waals surface area contributed by atoms with E-state index < -0.39 is 39.2 Å². The Kier molecular flexibility index (Phi) is 8.90. The second kappa shape index (κ2) is 11.8. The molecule has 2 aliphatic rings. The number of nitrogens with one attached hydrogen (secondary N) is 1. The predicted molar refractivity (Wildman–Crippen MR) is 150 cm³/mol. The number of halogens is 3. The summed E-state index contributed by atoms with van der Waals surface area (Å²) in [4.78, 5) is 30.9. The topological polar surface area (TPSA) is 86.8 Å². The molecule has 1 N–H and O–H groups in total. The van der Waals surface area contributed by atoms with E-state index in [1.807, 2.05) is 27.8 Å². The molecule has 0 bridgehead atoms. The molecule has 2 amide bonds. The zero-order chi connectivity index (χ0) is 30.2. The summed E-state index contributed by atoms with van der Waals surface area (Å²) in [5, 5.41) is 2.64. The molecule has 0 aromatic heterocycles. The Bertz CT molecular complexity index is 1380. The first-order chi connectivity index (χ1) is 19.2. The molecule has 0 radical (unpaired) electrons. The van der Waals surface area contributed by atoms with Crippen molar-refractivity contribution in [3.05, 3.63) is 65.2 Å². The maximum Gasteiger partial charge on any atom is 0.416 e. The van der Waals surface area contributed by atoms with Crippen LogP contribution in [0.25, 0.3) is 0 Å². The number of hydrogen-bond acceptors (Lipinski definition) is 5. The van der Waals surface area contributed by atoms with Crippen molar-refractivity contribution in [1.82, 2.24) is 15.1 Å². The average molecular weight is 594 g/mol. The highest BCUT2D eigenvalue weighted by molar-refractivity contribution is 7.91. The Morgan fingerprint density at radius 2 is 1.80 bits per heavy atom. The summed E-state index contributed by atoms with van der Waals surface area (Å²) in [5.41, 5.74) is -1.06. The van der Waals surface area contributed by atoms with Crippen LogP contribution in [0.2, 0.25) is 0 Å². The van der Waals surface area contributed by atoms with E-state index in [0.29, 0.717) is 19.4 Å². The molecule has 1 saturated carbocycles. The van der Waals surface area contributed by atoms with Gasteiger partial charge in [-0.05, 0) is 83.8 Å². The fourth-order valence-electron chi connectivity index (χ4n) is 6.27. The van der Waals surface area contributed by atoms with Crippen LogP contribution in [0, 0.1) is 12.8 Å². The fraction of sp³-hybridized carbons (Fsp3) is 0.533. The van der Waals surface area contributed by atoms with Crippen molar-refractivity contribution in [2.24, 2.45) is 5.92 Å². The first kappa shape index (κ1) is 31.0. The molecule has 11 heteroatoms. The van der Waals surface area contributed by atoms with E-state index >= 15 is 0 Å². The lowest BCUT2D eigenvalue weighted by Crippen LogP contribution is -2.68. The van der Waals surface area contributed by atoms with E-state index in [9.17, 15) is 31.2 Å². The van der Waals surface area contributed by atoms with E-state index in [2.05, 4.69) is 10.2 Å². The van der Waals surface area contributed by atoms with Crippen molar-refractivity contribution in [3.63, 3.8) is 0 Å². The third-order valence-electron chi connectivity index (χ3n) is 8.62. The summed E-state index contributed by atoms with van der Waals surface area (Å²) in [5.74, 6) is -1.61. The summed E-state index contributed by atoms with van der Waals surface area (Å²) < 4.78 is 66.7. The fourth-order valence-corrected chi connectivity index (χ4v) is 7.98. The lowest BCUT2D eigenvalue weighted by molar-refractivity contribution is -0.156. The first-order valence-corrected chi connectivity index (χ1v) is 15.6. The van der Waals surface area contributed by atoms with E-state index in [4.69, 9.17) is 0 Å². The van der Waals surface area contributed by atoms with Gasteiger partial charge in [-0.2, -0.15) is 13.2 Å². The second-order valence-electron chi connectivity index (χ2n) is 11.5. The number of benzene rings is 2. The van der Waals surface area contributed by atoms with Gasteiger partial charge < -0.3 is 10.2 Å². The highest BCUT2D eigenvalue weighted by atomic mass is 32.2. The van der Waals surface area contributed by atoms with Crippen LogP contribution in [0.1, 0.15) is 67.4 Å². The molecule has 1 aliphatic heterocycles. The molecule has 1 heterocycles. The van der Waals surface area contributed by atoms with Crippen LogP contribution < -0.4 is 5.32 Å². The number of sulfone groups is 1. The van der Waals surface area contributed by atoms with Crippen LogP contribution in [-0.2, 0) is 20.8 Å². The number of aryl methyl sites for hydroxylation is 1. The quantitative estimate of drug-likeness (QED) is 0.463. The zero-order valence-electron chi connectivity index (χ0n) is 23.9. The molecular weight excluding hydrogens is 555 g/mol. The molecule has 7 nitrogen and oxygen atoms in total. The highest BCUT2D eigenvalue weighted by Crippen LogP contribution is 2.45. The molecule has 0 spiro atoms. The van der Waals surface area contributed by atoms with E-state index in [1.165, 1.54) is 6.07 Å². The van der Waals surface area contributed by atoms with Crippen LogP contribution >= 0.6 is 0 Å². The van der Waals surface area contributed by atoms with Gasteiger partial charge in [0.1, 0.15) is 6.04 Å². The highest BCUT2D eigenvalue weighted by Gasteiger charge is 2.55. The first-order valence-electron chi connectivity index (χ1n) is 14.0. The summed E-state index contributed by atoms with van der Waals surface area (Å²) >= 11 is 0. The molecular formula is C30H38F3N3O4S. The minimum Gasteiger partial charge on any atom is -0.340 e. The predicted octanol–water partition coefficient (Wildman–Crippen LogP) is 5.05. The zero-order valence-corrected chi connectivity index (χ0v) is 24.7. The largest absolute Gasteiger partial charge is 0.416 e. The van der Waals surface area contributed by atoms with Gasteiger partial charge in [-0.1, -0.05) is 30.2 Å². The van der Waals surface area contributed by atoms with Crippen LogP contribution in [0.15, 0.2) is 53.4 Å². The molecule has 2 aromatic rings. The second-order valence-corrected chi connectivity index (χ2v) is 13.5. The number of alkyl halides is 3. The van der Waals surface area contributed by atoms with Crippen molar-refractivity contribution >= 4 is 21.7 Å². The molecule has 1 saturated heterocycles. The smallest absolute Gasteiger partial charge is 0.340 e. The average Bonchev–Trinajstić information content (AvgIpc) is 3.28. The standard InChI is InChI=1S/C30H38F3N3O4S/c1-20(2)35(4)29(16-6-5-9-24(29)19-41(39,40)25-13-11-21(3)12-14-25)36-17-15-26(28(36)38)34-27(37)22-8-7-10-23(18-22)30(31,32)33/h7-8,10-14,18,20,24,26H,5-6,9,15-17,19H2,1-4H3,(H,34,37)/t24-,26-,29-/m0/s1. The monoisotopic (exact) mass is 593 g/mol. The SMILES string of the molecule is Cc1ccc(S(=O)(=O)C[C@@H]2CCCC[C@@]2(N2CC[C@H](NC(=O)c3cccc(C(F)(F)F)c3)C2=O)N(C)C(C)C)cc1. The molecule has 4 rings (SSSR count). The van der Waals surface area contributed by atoms with Crippen LogP contribution in [0.3, 0.4) is 0 Å². The number of rotatable bonds is 8. The van der Waals surface area contributed by atoms with Crippen molar-refractivity contribution < 1.29 is 31.2 Å². The number of hydrogen-bond donors (Lipinski definition) is 1. The van der Waals surface area contributed by atoms with Crippen molar-refractivity contribution in [2.75, 3.05) is 19.3 Å². The summed E-state index contributed by atoms with van der Waals surface area (Å²) in [6.07, 6.45) is -1.49. The van der Waals surface area contributed by atoms with Crippen molar-refractivity contribution in [1.29, 1.82) is 0 Å². The summed E-state index contributed by atoms with van der Waals surface area (Å²) in [6, 6.07) is 9.92. The van der Waals surface area contributed by atoms with E-state index in [0.717, 1.165) is 36.6 Å². The molecule has 2 aromatic carbocycles. The van der Waals surface area contributed by atoms with Gasteiger partial charge in [0, 0.05) is 24.1 Å². The minimum absolute atomic E-state index is 0.00997. The Balaban J connectivity index is 1.62. The van der Waals surface area contributed by atoms with Crippen LogP contribution in [0.4, 0.5) is 13.2 Å². The Labute approximate surface area is 240 Å². The number of nitrogens with zero attached hydrogens (tertiary/aromatic N) is 2. The van der Waals surface area contributed by atoms with Gasteiger partial charge in [-0.15, -0.1) is 0 Å². The van der Waals surface area contributed by atoms with Crippen LogP contribution in [0.5, 0.6) is 0 Å². The van der Waals surface area contributed by atoms with Gasteiger partial charge in [-0.3, -0.25) is 14.5 Å². The van der Waals surface area contributed by atoms with Gasteiger partial charge in [0.05, 0.1) is 21.9 Å². The lowest BCUT2D eigenvalue weighted by Gasteiger charge is -2.56. The normalized spacial score (nSPS) is 23.8. The molecule has 224 valence electrons. The summed E-state index contributed by atoms with van der Waals surface area (Å²) in [7, 11) is -1.76. The number of carbonyl (C=O) groups is 2. The Morgan fingerprint density at radius 1 is 1.12 bits per heavy atom. The minimum atomic E-state index is -4.60. The van der Waals surface area contributed by atoms with Gasteiger partial charge in [0.25, 0.3) is 5.91 Å². The van der Waals surface area contributed by atoms with Crippen LogP contribution in [-0.4, -0.2) is 67.1 Å². The molecule has 0 unspecified atom stereocenters. The third kappa shape index (κ3) is 6.30. The van der Waals surface area contributed by atoms with E-state index in [1.54, 1.807) is 29.2 Å². The maximum atomic E-state index is 13.9. The van der Waals surface area contributed by atoms with Crippen molar-refractivity contribution in [3.8, 4) is 0 Å². The van der Waals surface area contributed by atoms with Gasteiger partial charge >= 0.3 is 6.18 Å². The maximum absolute atomic E-state index is 13.9. The van der Waals surface area contributed by atoms with Gasteiger partial charge in [0.2, 0.25) is 5.91 Å². The Hall–Kier alpha value is -2.92. The number of amides is 2. The Morgan fingerprint density at radius 3 is 2.44 bits per heavy atom. The number of carbonyl (C=O) groups excluding carboxylic acids is 2. The molecule has 1 aliphatic carbocycles. The summed E-state index contributed by atoms with van der Waals surface area (Å²) in [6.45, 7) is 6.18. The van der Waals surface area contributed by atoms with E-state index in [-0.39, 0.29) is 40.5 Å². The molecule has 2 fully saturated rings. The van der Waals surface area contributed by atoms with Gasteiger partial charge in [-0.25, -0.2) is 8.42 Å². The molecule has 41 heavy (non-hydrogen) atoms. The third-order valence-corrected chi connectivity index (χ3v) is 10.4. The van der Waals surface area contributed by atoms with Gasteiger partial charge in [0.15, 0.2) is 9.84 Å². The lowest BCUT2D eigenvalue weighted by atomic mass is 9.77. The number of likely N-dealkylation sites (tertiary alicyclic amines) is 1. The van der Waals surface area contributed by atoms with Crippen molar-refractivity contribution in [2.45, 2.75) is 81.7 Å². The molecule has 3 atom stereocenters.